The maximum Gasteiger partial charge on any atom is 0.229 e. The molecule has 17 heavy (non-hydrogen) atoms. The number of rotatable bonds is 4. The predicted octanol–water partition coefficient (Wildman–Crippen LogP) is 0.274. The Morgan fingerprint density at radius 1 is 1.29 bits per heavy atom. The molecule has 1 atom stereocenters. The number of aliphatic hydroxyl groups excluding tert-OH is 1. The molecule has 1 heterocycles. The van der Waals surface area contributed by atoms with Crippen LogP contribution >= 0.6 is 0 Å². The van der Waals surface area contributed by atoms with Gasteiger partial charge < -0.3 is 10.4 Å². The van der Waals surface area contributed by atoms with Gasteiger partial charge in [-0.05, 0) is 27.2 Å². The van der Waals surface area contributed by atoms with Gasteiger partial charge in [0.15, 0.2) is 0 Å². The Morgan fingerprint density at radius 2 is 1.82 bits per heavy atom. The third-order valence-electron chi connectivity index (χ3n) is 2.64. The molecule has 0 aromatic rings. The SMILES string of the molecule is CC(C)(C)NCC(O)CN1C(=O)CCCC1=O. The van der Waals surface area contributed by atoms with Crippen LogP contribution in [0, 0.1) is 0 Å². The third-order valence-corrected chi connectivity index (χ3v) is 2.64. The molecule has 0 radical (unpaired) electrons. The zero-order chi connectivity index (χ0) is 13.1. The molecule has 1 saturated heterocycles. The van der Waals surface area contributed by atoms with Crippen LogP contribution in [0.1, 0.15) is 40.0 Å². The van der Waals surface area contributed by atoms with Crippen molar-refractivity contribution in [2.75, 3.05) is 13.1 Å². The summed E-state index contributed by atoms with van der Waals surface area (Å²) in [5.74, 6) is -0.341. The lowest BCUT2D eigenvalue weighted by molar-refractivity contribution is -0.149. The van der Waals surface area contributed by atoms with E-state index in [9.17, 15) is 14.7 Å². The second kappa shape index (κ2) is 5.60. The van der Waals surface area contributed by atoms with Gasteiger partial charge in [-0.1, -0.05) is 0 Å². The first-order chi connectivity index (χ1) is 7.79. The summed E-state index contributed by atoms with van der Waals surface area (Å²) in [5, 5.41) is 12.9. The summed E-state index contributed by atoms with van der Waals surface area (Å²) in [6.45, 7) is 6.46. The lowest BCUT2D eigenvalue weighted by Gasteiger charge is -2.28. The van der Waals surface area contributed by atoms with Crippen LogP contribution in [-0.4, -0.2) is 46.6 Å². The predicted molar refractivity (Wildman–Crippen MR) is 64.3 cm³/mol. The van der Waals surface area contributed by atoms with Crippen molar-refractivity contribution in [3.63, 3.8) is 0 Å². The molecule has 2 amide bonds. The van der Waals surface area contributed by atoms with E-state index in [1.54, 1.807) is 0 Å². The maximum absolute atomic E-state index is 11.5. The van der Waals surface area contributed by atoms with Crippen molar-refractivity contribution in [1.29, 1.82) is 0 Å². The van der Waals surface area contributed by atoms with Gasteiger partial charge in [-0.2, -0.15) is 0 Å². The highest BCUT2D eigenvalue weighted by Crippen LogP contribution is 2.12. The normalized spacial score (nSPS) is 19.6. The fourth-order valence-electron chi connectivity index (χ4n) is 1.70. The van der Waals surface area contributed by atoms with Crippen LogP contribution in [0.4, 0.5) is 0 Å². The first-order valence-corrected chi connectivity index (χ1v) is 6.06. The highest BCUT2D eigenvalue weighted by atomic mass is 16.3. The van der Waals surface area contributed by atoms with E-state index in [4.69, 9.17) is 0 Å². The van der Waals surface area contributed by atoms with E-state index in [1.807, 2.05) is 20.8 Å². The summed E-state index contributed by atoms with van der Waals surface area (Å²) in [6.07, 6.45) is 0.737. The number of piperidine rings is 1. The van der Waals surface area contributed by atoms with Crippen LogP contribution in [0.15, 0.2) is 0 Å². The second-order valence-corrected chi connectivity index (χ2v) is 5.54. The Bertz CT molecular complexity index is 281. The summed E-state index contributed by atoms with van der Waals surface area (Å²) >= 11 is 0. The summed E-state index contributed by atoms with van der Waals surface area (Å²) in [5.41, 5.74) is -0.0864. The van der Waals surface area contributed by atoms with E-state index in [0.717, 1.165) is 0 Å². The quantitative estimate of drug-likeness (QED) is 0.695. The number of β-amino-alcohol motifs (C(OH)–C–C–N with tert-alkyl or cyclic N) is 1. The van der Waals surface area contributed by atoms with E-state index in [-0.39, 0.29) is 23.9 Å². The van der Waals surface area contributed by atoms with Crippen LogP contribution in [0.3, 0.4) is 0 Å². The van der Waals surface area contributed by atoms with Crippen molar-refractivity contribution in [1.82, 2.24) is 10.2 Å². The topological polar surface area (TPSA) is 69.6 Å². The first kappa shape index (κ1) is 14.1. The fourth-order valence-corrected chi connectivity index (χ4v) is 1.70. The first-order valence-electron chi connectivity index (χ1n) is 6.06. The van der Waals surface area contributed by atoms with Crippen LogP contribution in [0.2, 0.25) is 0 Å². The van der Waals surface area contributed by atoms with E-state index in [1.165, 1.54) is 4.90 Å². The number of hydrogen-bond donors (Lipinski definition) is 2. The second-order valence-electron chi connectivity index (χ2n) is 5.54. The number of nitrogens with one attached hydrogen (secondary N) is 1. The number of carbonyl (C=O) groups is 2. The molecule has 0 spiro atoms. The molecular formula is C12H22N2O3. The number of amides is 2. The smallest absolute Gasteiger partial charge is 0.229 e. The molecule has 0 aromatic carbocycles. The van der Waals surface area contributed by atoms with Gasteiger partial charge in [0.05, 0.1) is 12.6 Å². The lowest BCUT2D eigenvalue weighted by Crippen LogP contribution is -2.49. The minimum atomic E-state index is -0.708. The van der Waals surface area contributed by atoms with Crippen LogP contribution < -0.4 is 5.32 Å². The van der Waals surface area contributed by atoms with Gasteiger partial charge in [-0.25, -0.2) is 0 Å². The molecular weight excluding hydrogens is 220 g/mol. The van der Waals surface area contributed by atoms with E-state index in [2.05, 4.69) is 5.32 Å². The summed E-state index contributed by atoms with van der Waals surface area (Å²) < 4.78 is 0. The third kappa shape index (κ3) is 4.83. The molecule has 5 heteroatoms. The molecule has 0 aliphatic carbocycles. The summed E-state index contributed by atoms with van der Waals surface area (Å²) in [4.78, 5) is 24.2. The van der Waals surface area contributed by atoms with Gasteiger partial charge in [0.1, 0.15) is 0 Å². The molecule has 98 valence electrons. The molecule has 0 saturated carbocycles. The molecule has 1 aliphatic heterocycles. The van der Waals surface area contributed by atoms with Crippen molar-refractivity contribution in [3.8, 4) is 0 Å². The van der Waals surface area contributed by atoms with E-state index in [0.29, 0.717) is 25.8 Å². The molecule has 1 unspecified atom stereocenters. The van der Waals surface area contributed by atoms with Crippen molar-refractivity contribution in [2.24, 2.45) is 0 Å². The van der Waals surface area contributed by atoms with E-state index < -0.39 is 6.10 Å². The minimum Gasteiger partial charge on any atom is -0.390 e. The molecule has 2 N–H and O–H groups in total. The highest BCUT2D eigenvalue weighted by molar-refractivity contribution is 5.97. The van der Waals surface area contributed by atoms with Gasteiger partial charge >= 0.3 is 0 Å². The molecule has 5 nitrogen and oxygen atoms in total. The fraction of sp³-hybridized carbons (Fsp3) is 0.833. The van der Waals surface area contributed by atoms with Gasteiger partial charge in [-0.3, -0.25) is 14.5 Å². The van der Waals surface area contributed by atoms with Gasteiger partial charge in [0, 0.05) is 24.9 Å². The van der Waals surface area contributed by atoms with Crippen LogP contribution in [-0.2, 0) is 9.59 Å². The van der Waals surface area contributed by atoms with E-state index >= 15 is 0 Å². The molecule has 0 bridgehead atoms. The van der Waals surface area contributed by atoms with Gasteiger partial charge in [0.25, 0.3) is 0 Å². The van der Waals surface area contributed by atoms with Crippen molar-refractivity contribution in [2.45, 2.75) is 51.7 Å². The van der Waals surface area contributed by atoms with Gasteiger partial charge in [-0.15, -0.1) is 0 Å². The maximum atomic E-state index is 11.5. The average Bonchev–Trinajstić information content (AvgIpc) is 2.20. The molecule has 0 aromatic heterocycles. The molecule has 1 aliphatic rings. The van der Waals surface area contributed by atoms with Crippen molar-refractivity contribution in [3.05, 3.63) is 0 Å². The number of hydrogen-bond acceptors (Lipinski definition) is 4. The number of imide groups is 1. The Morgan fingerprint density at radius 3 is 2.29 bits per heavy atom. The van der Waals surface area contributed by atoms with Crippen molar-refractivity contribution >= 4 is 11.8 Å². The number of carbonyl (C=O) groups excluding carboxylic acids is 2. The minimum absolute atomic E-state index is 0.0864. The Kier molecular flexibility index (Phi) is 4.65. The lowest BCUT2D eigenvalue weighted by atomic mass is 10.1. The standard InChI is InChI=1S/C12H22N2O3/c1-12(2,3)13-7-9(15)8-14-10(16)5-4-6-11(14)17/h9,13,15H,4-8H2,1-3H3. The molecule has 1 fully saturated rings. The largest absolute Gasteiger partial charge is 0.390 e. The summed E-state index contributed by atoms with van der Waals surface area (Å²) in [7, 11) is 0. The van der Waals surface area contributed by atoms with Crippen LogP contribution in [0.25, 0.3) is 0 Å². The number of aliphatic hydroxyl groups is 1. The highest BCUT2D eigenvalue weighted by Gasteiger charge is 2.27. The monoisotopic (exact) mass is 242 g/mol. The number of nitrogens with zero attached hydrogens (tertiary/aromatic N) is 1. The Labute approximate surface area is 102 Å². The zero-order valence-electron chi connectivity index (χ0n) is 10.8. The Hall–Kier alpha value is -0.940. The van der Waals surface area contributed by atoms with Gasteiger partial charge in [0.2, 0.25) is 11.8 Å². The van der Waals surface area contributed by atoms with Crippen molar-refractivity contribution < 1.29 is 14.7 Å². The van der Waals surface area contributed by atoms with Crippen LogP contribution in [0.5, 0.6) is 0 Å². The summed E-state index contributed by atoms with van der Waals surface area (Å²) in [6, 6.07) is 0. The average molecular weight is 242 g/mol. The molecule has 1 rings (SSSR count). The zero-order valence-corrected chi connectivity index (χ0v) is 10.8. The Balaban J connectivity index is 2.41. The number of likely N-dealkylation sites (tertiary alicyclic amines) is 1.